The second-order valence-electron chi connectivity index (χ2n) is 6.78. The van der Waals surface area contributed by atoms with Crippen molar-refractivity contribution in [2.24, 2.45) is 0 Å². The largest absolute Gasteiger partial charge is 0.381 e. The van der Waals surface area contributed by atoms with Crippen LogP contribution in [0.4, 0.5) is 0 Å². The maximum atomic E-state index is 13.0. The molecular formula is C16H28N2O2. The standard InChI is InChI=1S/C16H28N2O2/c1-3-6-14-17-16(9-4-5-10-16)15(19)18(14)12-7-8-13(11-12)20-2/h12-14,17H,3-11H2,1-2H3. The molecule has 1 aliphatic heterocycles. The van der Waals surface area contributed by atoms with E-state index >= 15 is 0 Å². The lowest BCUT2D eigenvalue weighted by molar-refractivity contribution is -0.135. The van der Waals surface area contributed by atoms with Gasteiger partial charge in [-0.1, -0.05) is 26.2 Å². The summed E-state index contributed by atoms with van der Waals surface area (Å²) in [5.74, 6) is 0.384. The van der Waals surface area contributed by atoms with Crippen LogP contribution in [-0.4, -0.2) is 41.8 Å². The average Bonchev–Trinajstić information content (AvgIpc) is 3.13. The maximum Gasteiger partial charge on any atom is 0.244 e. The molecule has 3 fully saturated rings. The van der Waals surface area contributed by atoms with E-state index in [1.54, 1.807) is 7.11 Å². The van der Waals surface area contributed by atoms with Gasteiger partial charge in [0.2, 0.25) is 5.91 Å². The van der Waals surface area contributed by atoms with Crippen molar-refractivity contribution in [2.45, 2.75) is 88.6 Å². The Morgan fingerprint density at radius 3 is 2.70 bits per heavy atom. The molecule has 20 heavy (non-hydrogen) atoms. The van der Waals surface area contributed by atoms with Crippen LogP contribution < -0.4 is 5.32 Å². The van der Waals surface area contributed by atoms with Crippen molar-refractivity contribution >= 4 is 5.91 Å². The number of hydrogen-bond donors (Lipinski definition) is 1. The van der Waals surface area contributed by atoms with Gasteiger partial charge in [-0.15, -0.1) is 0 Å². The molecule has 1 N–H and O–H groups in total. The Balaban J connectivity index is 1.78. The Morgan fingerprint density at radius 2 is 2.10 bits per heavy atom. The summed E-state index contributed by atoms with van der Waals surface area (Å²) in [6, 6.07) is 0.386. The van der Waals surface area contributed by atoms with E-state index in [0.717, 1.165) is 44.9 Å². The summed E-state index contributed by atoms with van der Waals surface area (Å²) in [6.45, 7) is 2.20. The zero-order valence-corrected chi connectivity index (χ0v) is 12.9. The molecule has 0 bridgehead atoms. The predicted octanol–water partition coefficient (Wildman–Crippen LogP) is 2.42. The second kappa shape index (κ2) is 5.64. The summed E-state index contributed by atoms with van der Waals surface area (Å²) in [4.78, 5) is 15.2. The fourth-order valence-corrected chi connectivity index (χ4v) is 4.46. The van der Waals surface area contributed by atoms with Crippen LogP contribution in [0.2, 0.25) is 0 Å². The maximum absolute atomic E-state index is 13.0. The smallest absolute Gasteiger partial charge is 0.244 e. The molecule has 114 valence electrons. The molecule has 3 aliphatic rings. The lowest BCUT2D eigenvalue weighted by atomic mass is 9.97. The molecule has 3 rings (SSSR count). The summed E-state index contributed by atoms with van der Waals surface area (Å²) in [6.07, 6.45) is 10.4. The van der Waals surface area contributed by atoms with Gasteiger partial charge in [-0.2, -0.15) is 0 Å². The minimum atomic E-state index is -0.217. The number of nitrogens with zero attached hydrogens (tertiary/aromatic N) is 1. The first kappa shape index (κ1) is 14.3. The molecule has 0 radical (unpaired) electrons. The van der Waals surface area contributed by atoms with Crippen LogP contribution in [0.3, 0.4) is 0 Å². The van der Waals surface area contributed by atoms with Crippen molar-refractivity contribution in [1.82, 2.24) is 10.2 Å². The summed E-state index contributed by atoms with van der Waals surface area (Å²) in [5, 5.41) is 3.71. The number of amides is 1. The van der Waals surface area contributed by atoms with Crippen LogP contribution in [0.1, 0.15) is 64.7 Å². The SMILES string of the molecule is CCCC1NC2(CCCC2)C(=O)N1C1CCC(OC)C1. The first-order valence-electron chi connectivity index (χ1n) is 8.33. The van der Waals surface area contributed by atoms with Crippen LogP contribution in [-0.2, 0) is 9.53 Å². The average molecular weight is 280 g/mol. The van der Waals surface area contributed by atoms with E-state index in [1.807, 2.05) is 0 Å². The minimum Gasteiger partial charge on any atom is -0.381 e. The van der Waals surface area contributed by atoms with Gasteiger partial charge in [-0.05, 0) is 38.5 Å². The molecule has 1 saturated heterocycles. The molecule has 4 heteroatoms. The van der Waals surface area contributed by atoms with Gasteiger partial charge in [0, 0.05) is 13.2 Å². The highest BCUT2D eigenvalue weighted by molar-refractivity contribution is 5.89. The van der Waals surface area contributed by atoms with Crippen molar-refractivity contribution in [2.75, 3.05) is 7.11 Å². The topological polar surface area (TPSA) is 41.6 Å². The third-order valence-electron chi connectivity index (χ3n) is 5.53. The number of rotatable bonds is 4. The van der Waals surface area contributed by atoms with E-state index in [4.69, 9.17) is 4.74 Å². The van der Waals surface area contributed by atoms with Crippen molar-refractivity contribution in [3.8, 4) is 0 Å². The molecule has 0 aromatic rings. The van der Waals surface area contributed by atoms with Crippen LogP contribution in [0.5, 0.6) is 0 Å². The normalized spacial score (nSPS) is 36.4. The van der Waals surface area contributed by atoms with Crippen LogP contribution in [0.15, 0.2) is 0 Å². The molecule has 0 aromatic heterocycles. The molecule has 3 atom stereocenters. The zero-order valence-electron chi connectivity index (χ0n) is 12.9. The van der Waals surface area contributed by atoms with Crippen molar-refractivity contribution < 1.29 is 9.53 Å². The highest BCUT2D eigenvalue weighted by Gasteiger charge is 2.54. The fraction of sp³-hybridized carbons (Fsp3) is 0.938. The lowest BCUT2D eigenvalue weighted by Gasteiger charge is -2.30. The van der Waals surface area contributed by atoms with Crippen molar-refractivity contribution in [1.29, 1.82) is 0 Å². The van der Waals surface area contributed by atoms with Crippen LogP contribution >= 0.6 is 0 Å². The first-order valence-corrected chi connectivity index (χ1v) is 8.33. The third kappa shape index (κ3) is 2.27. The molecule has 2 saturated carbocycles. The van der Waals surface area contributed by atoms with Gasteiger partial charge >= 0.3 is 0 Å². The van der Waals surface area contributed by atoms with Gasteiger partial charge in [0.05, 0.1) is 17.8 Å². The lowest BCUT2D eigenvalue weighted by Crippen LogP contribution is -2.45. The van der Waals surface area contributed by atoms with Crippen molar-refractivity contribution in [3.05, 3.63) is 0 Å². The van der Waals surface area contributed by atoms with E-state index in [9.17, 15) is 4.79 Å². The number of methoxy groups -OCH3 is 1. The summed E-state index contributed by atoms with van der Waals surface area (Å²) >= 11 is 0. The number of carbonyl (C=O) groups is 1. The minimum absolute atomic E-state index is 0.217. The molecular weight excluding hydrogens is 252 g/mol. The van der Waals surface area contributed by atoms with E-state index in [1.165, 1.54) is 12.8 Å². The van der Waals surface area contributed by atoms with E-state index < -0.39 is 0 Å². The molecule has 1 amide bonds. The summed E-state index contributed by atoms with van der Waals surface area (Å²) in [7, 11) is 1.79. The molecule has 2 aliphatic carbocycles. The highest BCUT2D eigenvalue weighted by atomic mass is 16.5. The van der Waals surface area contributed by atoms with Gasteiger partial charge in [0.15, 0.2) is 0 Å². The van der Waals surface area contributed by atoms with Gasteiger partial charge in [-0.25, -0.2) is 0 Å². The molecule has 1 heterocycles. The molecule has 3 unspecified atom stereocenters. The Bertz CT molecular complexity index is 365. The highest BCUT2D eigenvalue weighted by Crippen LogP contribution is 2.40. The van der Waals surface area contributed by atoms with Gasteiger partial charge < -0.3 is 9.64 Å². The number of ether oxygens (including phenoxy) is 1. The predicted molar refractivity (Wildman–Crippen MR) is 78.3 cm³/mol. The van der Waals surface area contributed by atoms with Crippen molar-refractivity contribution in [3.63, 3.8) is 0 Å². The molecule has 4 nitrogen and oxygen atoms in total. The van der Waals surface area contributed by atoms with Gasteiger partial charge in [0.1, 0.15) is 0 Å². The van der Waals surface area contributed by atoms with Crippen LogP contribution in [0.25, 0.3) is 0 Å². The zero-order chi connectivity index (χ0) is 14.2. The first-order chi connectivity index (χ1) is 9.70. The van der Waals surface area contributed by atoms with E-state index in [2.05, 4.69) is 17.1 Å². The Kier molecular flexibility index (Phi) is 4.04. The van der Waals surface area contributed by atoms with E-state index in [-0.39, 0.29) is 11.7 Å². The Morgan fingerprint density at radius 1 is 1.35 bits per heavy atom. The molecule has 0 aromatic carbocycles. The number of hydrogen-bond acceptors (Lipinski definition) is 3. The van der Waals surface area contributed by atoms with Gasteiger partial charge in [0.25, 0.3) is 0 Å². The second-order valence-corrected chi connectivity index (χ2v) is 6.78. The Hall–Kier alpha value is -0.610. The number of carbonyl (C=O) groups excluding carboxylic acids is 1. The summed E-state index contributed by atoms with van der Waals surface area (Å²) < 4.78 is 5.49. The monoisotopic (exact) mass is 280 g/mol. The molecule has 1 spiro atoms. The Labute approximate surface area is 122 Å². The number of nitrogens with one attached hydrogen (secondary N) is 1. The quantitative estimate of drug-likeness (QED) is 0.860. The van der Waals surface area contributed by atoms with Crippen LogP contribution in [0, 0.1) is 0 Å². The van der Waals surface area contributed by atoms with Gasteiger partial charge in [-0.3, -0.25) is 10.1 Å². The summed E-state index contributed by atoms with van der Waals surface area (Å²) in [5.41, 5.74) is -0.217. The van der Waals surface area contributed by atoms with E-state index in [0.29, 0.717) is 18.1 Å². The fourth-order valence-electron chi connectivity index (χ4n) is 4.46. The third-order valence-corrected chi connectivity index (χ3v) is 5.53.